The summed E-state index contributed by atoms with van der Waals surface area (Å²) in [5, 5.41) is 10.0. The Morgan fingerprint density at radius 1 is 1.21 bits per heavy atom. The number of nitrogens with one attached hydrogen (secondary N) is 1. The van der Waals surface area contributed by atoms with Gasteiger partial charge in [0.05, 0.1) is 18.7 Å². The highest BCUT2D eigenvalue weighted by Crippen LogP contribution is 2.39. The van der Waals surface area contributed by atoms with Crippen LogP contribution in [0.2, 0.25) is 5.02 Å². The average Bonchev–Trinajstić information content (AvgIpc) is 2.92. The van der Waals surface area contributed by atoms with E-state index in [1.54, 1.807) is 25.1 Å². The standard InChI is InChI=1S/C19H15ClF3NO4/c1-2-27-16-6-3-10(20)7-14(16)18-13(9-17(25)26)12-8-11(28-19(21,22)23)4-5-15(12)24-18/h3-8,24H,2,9H2,1H3,(H,25,26). The lowest BCUT2D eigenvalue weighted by Gasteiger charge is -2.11. The third kappa shape index (κ3) is 4.33. The molecule has 0 bridgehead atoms. The number of carboxylic acids is 1. The zero-order valence-corrected chi connectivity index (χ0v) is 15.3. The number of carboxylic acid groups (broad SMARTS) is 1. The van der Waals surface area contributed by atoms with Crippen LogP contribution in [-0.2, 0) is 11.2 Å². The Kier molecular flexibility index (Phi) is 5.42. The largest absolute Gasteiger partial charge is 0.573 e. The van der Waals surface area contributed by atoms with Gasteiger partial charge in [-0.3, -0.25) is 4.79 Å². The van der Waals surface area contributed by atoms with E-state index in [4.69, 9.17) is 16.3 Å². The van der Waals surface area contributed by atoms with Crippen LogP contribution in [0.4, 0.5) is 13.2 Å². The van der Waals surface area contributed by atoms with Crippen LogP contribution in [0.25, 0.3) is 22.2 Å². The first kappa shape index (κ1) is 19.9. The van der Waals surface area contributed by atoms with Gasteiger partial charge in [-0.25, -0.2) is 0 Å². The minimum Gasteiger partial charge on any atom is -0.493 e. The number of carbonyl (C=O) groups is 1. The van der Waals surface area contributed by atoms with Crippen molar-refractivity contribution in [2.75, 3.05) is 6.61 Å². The molecule has 0 atom stereocenters. The van der Waals surface area contributed by atoms with E-state index in [0.29, 0.717) is 45.1 Å². The summed E-state index contributed by atoms with van der Waals surface area (Å²) in [7, 11) is 0. The maximum Gasteiger partial charge on any atom is 0.573 e. The number of aromatic nitrogens is 1. The molecule has 0 unspecified atom stereocenters. The van der Waals surface area contributed by atoms with Crippen LogP contribution in [0.1, 0.15) is 12.5 Å². The van der Waals surface area contributed by atoms with Crippen LogP contribution in [-0.4, -0.2) is 29.0 Å². The Hall–Kier alpha value is -2.87. The second kappa shape index (κ2) is 7.63. The van der Waals surface area contributed by atoms with Crippen LogP contribution >= 0.6 is 11.6 Å². The van der Waals surface area contributed by atoms with Crippen molar-refractivity contribution in [3.63, 3.8) is 0 Å². The summed E-state index contributed by atoms with van der Waals surface area (Å²) in [4.78, 5) is 14.5. The van der Waals surface area contributed by atoms with Gasteiger partial charge in [-0.2, -0.15) is 0 Å². The van der Waals surface area contributed by atoms with Crippen LogP contribution in [0.3, 0.4) is 0 Å². The molecule has 3 aromatic rings. The van der Waals surface area contributed by atoms with E-state index in [0.717, 1.165) is 12.1 Å². The summed E-state index contributed by atoms with van der Waals surface area (Å²) in [6.07, 6.45) is -5.27. The van der Waals surface area contributed by atoms with Gasteiger partial charge in [0.15, 0.2) is 0 Å². The lowest BCUT2D eigenvalue weighted by atomic mass is 10.0. The average molecular weight is 414 g/mol. The molecule has 0 aliphatic rings. The topological polar surface area (TPSA) is 71.5 Å². The molecule has 0 saturated heterocycles. The molecule has 0 saturated carbocycles. The zero-order chi connectivity index (χ0) is 20.5. The molecule has 0 aliphatic heterocycles. The molecule has 3 rings (SSSR count). The van der Waals surface area contributed by atoms with Crippen LogP contribution in [0, 0.1) is 0 Å². The van der Waals surface area contributed by atoms with Crippen molar-refractivity contribution >= 4 is 28.5 Å². The van der Waals surface area contributed by atoms with Crippen molar-refractivity contribution in [2.24, 2.45) is 0 Å². The monoisotopic (exact) mass is 413 g/mol. The molecule has 1 heterocycles. The third-order valence-electron chi connectivity index (χ3n) is 3.95. The van der Waals surface area contributed by atoms with Gasteiger partial charge in [-0.1, -0.05) is 11.6 Å². The van der Waals surface area contributed by atoms with Gasteiger partial charge in [0, 0.05) is 21.5 Å². The fourth-order valence-electron chi connectivity index (χ4n) is 2.97. The van der Waals surface area contributed by atoms with Gasteiger partial charge in [0.1, 0.15) is 11.5 Å². The molecule has 0 spiro atoms. The summed E-state index contributed by atoms with van der Waals surface area (Å²) >= 11 is 6.09. The molecule has 5 nitrogen and oxygen atoms in total. The number of aromatic amines is 1. The predicted molar refractivity (Wildman–Crippen MR) is 97.9 cm³/mol. The zero-order valence-electron chi connectivity index (χ0n) is 14.6. The Morgan fingerprint density at radius 3 is 2.61 bits per heavy atom. The number of hydrogen-bond donors (Lipinski definition) is 2. The van der Waals surface area contributed by atoms with E-state index >= 15 is 0 Å². The minimum atomic E-state index is -4.85. The number of H-pyrrole nitrogens is 1. The molecule has 0 amide bonds. The lowest BCUT2D eigenvalue weighted by Crippen LogP contribution is -2.17. The molecule has 0 radical (unpaired) electrons. The highest BCUT2D eigenvalue weighted by Gasteiger charge is 2.31. The highest BCUT2D eigenvalue weighted by atomic mass is 35.5. The van der Waals surface area contributed by atoms with Gasteiger partial charge in [0.2, 0.25) is 0 Å². The normalized spacial score (nSPS) is 11.6. The predicted octanol–water partition coefficient (Wildman–Crippen LogP) is 5.41. The van der Waals surface area contributed by atoms with E-state index in [9.17, 15) is 23.1 Å². The van der Waals surface area contributed by atoms with Crippen molar-refractivity contribution in [2.45, 2.75) is 19.7 Å². The fraction of sp³-hybridized carbons (Fsp3) is 0.211. The number of rotatable bonds is 6. The number of benzene rings is 2. The second-order valence-electron chi connectivity index (χ2n) is 5.88. The van der Waals surface area contributed by atoms with E-state index in [-0.39, 0.29) is 0 Å². The number of ether oxygens (including phenoxy) is 2. The third-order valence-corrected chi connectivity index (χ3v) is 4.19. The van der Waals surface area contributed by atoms with E-state index < -0.39 is 24.5 Å². The summed E-state index contributed by atoms with van der Waals surface area (Å²) in [5.41, 5.74) is 1.69. The Labute approximate surface area is 162 Å². The van der Waals surface area contributed by atoms with Gasteiger partial charge in [0.25, 0.3) is 0 Å². The van der Waals surface area contributed by atoms with Gasteiger partial charge < -0.3 is 19.6 Å². The van der Waals surface area contributed by atoms with E-state index in [2.05, 4.69) is 9.72 Å². The molecule has 9 heteroatoms. The van der Waals surface area contributed by atoms with Crippen LogP contribution < -0.4 is 9.47 Å². The van der Waals surface area contributed by atoms with Crippen LogP contribution in [0.15, 0.2) is 36.4 Å². The number of hydrogen-bond acceptors (Lipinski definition) is 3. The number of halogens is 4. The smallest absolute Gasteiger partial charge is 0.493 e. The van der Waals surface area contributed by atoms with Crippen molar-refractivity contribution < 1.29 is 32.5 Å². The second-order valence-corrected chi connectivity index (χ2v) is 6.31. The van der Waals surface area contributed by atoms with Gasteiger partial charge >= 0.3 is 12.3 Å². The SMILES string of the molecule is CCOc1ccc(Cl)cc1-c1[nH]c2ccc(OC(F)(F)F)cc2c1CC(=O)O. The Morgan fingerprint density at radius 2 is 1.96 bits per heavy atom. The summed E-state index contributed by atoms with van der Waals surface area (Å²) in [6, 6.07) is 8.60. The molecular formula is C19H15ClF3NO4. The maximum atomic E-state index is 12.5. The fourth-order valence-corrected chi connectivity index (χ4v) is 3.14. The summed E-state index contributed by atoms with van der Waals surface area (Å²) in [5.74, 6) is -1.10. The lowest BCUT2D eigenvalue weighted by molar-refractivity contribution is -0.274. The first-order valence-corrected chi connectivity index (χ1v) is 8.60. The highest BCUT2D eigenvalue weighted by molar-refractivity contribution is 6.31. The molecule has 1 aromatic heterocycles. The molecule has 0 fully saturated rings. The molecule has 0 aliphatic carbocycles. The Balaban J connectivity index is 2.22. The Bertz CT molecular complexity index is 1030. The quantitative estimate of drug-likeness (QED) is 0.566. The number of fused-ring (bicyclic) bond motifs is 1. The van der Waals surface area contributed by atoms with Crippen molar-refractivity contribution in [1.29, 1.82) is 0 Å². The molecule has 2 N–H and O–H groups in total. The van der Waals surface area contributed by atoms with Crippen molar-refractivity contribution in [3.8, 4) is 22.8 Å². The minimum absolute atomic E-state index is 0.304. The van der Waals surface area contributed by atoms with Gasteiger partial charge in [-0.15, -0.1) is 13.2 Å². The molecule has 2 aromatic carbocycles. The first-order valence-electron chi connectivity index (χ1n) is 8.22. The molecule has 148 valence electrons. The van der Waals surface area contributed by atoms with E-state index in [1.807, 2.05) is 0 Å². The maximum absolute atomic E-state index is 12.5. The number of aliphatic carboxylic acids is 1. The molecule has 28 heavy (non-hydrogen) atoms. The summed E-state index contributed by atoms with van der Waals surface area (Å²) in [6.45, 7) is 2.16. The molecular weight excluding hydrogens is 399 g/mol. The van der Waals surface area contributed by atoms with E-state index in [1.165, 1.54) is 6.07 Å². The first-order chi connectivity index (χ1) is 13.2. The summed E-state index contributed by atoms with van der Waals surface area (Å²) < 4.78 is 47.2. The van der Waals surface area contributed by atoms with Crippen LogP contribution in [0.5, 0.6) is 11.5 Å². The van der Waals surface area contributed by atoms with Gasteiger partial charge in [-0.05, 0) is 48.9 Å². The van der Waals surface area contributed by atoms with Crippen molar-refractivity contribution in [1.82, 2.24) is 4.98 Å². The number of alkyl halides is 3. The van der Waals surface area contributed by atoms with Crippen molar-refractivity contribution in [3.05, 3.63) is 47.0 Å².